The van der Waals surface area contributed by atoms with Gasteiger partial charge in [-0.25, -0.2) is 0 Å². The molecule has 0 unspecified atom stereocenters. The van der Waals surface area contributed by atoms with Crippen LogP contribution in [0.3, 0.4) is 0 Å². The number of rotatable bonds is 7. The molecule has 0 heterocycles. The van der Waals surface area contributed by atoms with Gasteiger partial charge in [-0.05, 0) is 96.1 Å². The molecule has 0 fully saturated rings. The van der Waals surface area contributed by atoms with Gasteiger partial charge in [0.05, 0.1) is 11.1 Å². The number of benzene rings is 5. The van der Waals surface area contributed by atoms with Gasteiger partial charge in [-0.3, -0.25) is 4.79 Å². The second-order valence-corrected chi connectivity index (χ2v) is 14.1. The summed E-state index contributed by atoms with van der Waals surface area (Å²) in [4.78, 5) is 15.1. The van der Waals surface area contributed by atoms with E-state index < -0.39 is 7.81 Å². The van der Waals surface area contributed by atoms with Crippen molar-refractivity contribution in [3.05, 3.63) is 142 Å². The number of halogens is 8. The normalized spacial score (nSPS) is 12.8. The Morgan fingerprint density at radius 2 is 1.07 bits per heavy atom. The topological polar surface area (TPSA) is 21.4 Å². The average Bonchev–Trinajstić information content (AvgIpc) is 2.94. The first-order chi connectivity index (χ1) is 20.0. The fraction of sp³-hybridized carbons (Fsp3) is 0. The number of carbonyl (C=O) groups excluding carboxylic acids is 1. The van der Waals surface area contributed by atoms with Gasteiger partial charge in [0.2, 0.25) is 0 Å². The zero-order valence-electron chi connectivity index (χ0n) is 21.8. The van der Waals surface area contributed by atoms with E-state index in [1.807, 2.05) is 84.9 Å². The standard InChI is InChI=1S/C31H20Cl2OS2.F6P/c32-24-11-16-27(17-12-24)36-30-18-13-25(33)20-29(30)21-9-14-26(15-10-21)35-28-8-4-7-23(19-28)31(34)22-5-2-1-3-6-22;1-7(2,3,4,5)6/h1-20H;/q;-1/p+1. The summed E-state index contributed by atoms with van der Waals surface area (Å²) < 4.78 is 59.2. The molecule has 0 spiro atoms. The molecule has 1 N–H and O–H groups in total. The quantitative estimate of drug-likeness (QED) is 0.0734. The Kier molecular flexibility index (Phi) is 9.64. The maximum absolute atomic E-state index is 10.7. The van der Waals surface area contributed by atoms with Crippen molar-refractivity contribution in [2.75, 3.05) is 0 Å². The summed E-state index contributed by atoms with van der Waals surface area (Å²) in [5.74, 6) is 0.278. The monoisotopic (exact) mass is 688 g/mol. The first-order valence-corrected chi connectivity index (χ1v) is 16.7. The van der Waals surface area contributed by atoms with Crippen molar-refractivity contribution in [2.24, 2.45) is 0 Å². The van der Waals surface area contributed by atoms with E-state index in [-0.39, 0.29) is 5.78 Å². The summed E-state index contributed by atoms with van der Waals surface area (Å²) in [6.45, 7) is 0. The van der Waals surface area contributed by atoms with Gasteiger partial charge in [0, 0.05) is 29.6 Å². The maximum Gasteiger partial charge on any atom is 0.354 e. The third kappa shape index (κ3) is 11.6. The van der Waals surface area contributed by atoms with Crippen molar-refractivity contribution < 1.29 is 30.0 Å². The molecule has 0 aliphatic carbocycles. The molecule has 1 nitrogen and oxygen atoms in total. The fourth-order valence-corrected chi connectivity index (χ4v) is 5.88. The van der Waals surface area contributed by atoms with E-state index in [0.717, 1.165) is 46.9 Å². The average molecular weight is 690 g/mol. The Hall–Kier alpha value is -2.94. The molecular weight excluding hydrogens is 668 g/mol. The van der Waals surface area contributed by atoms with Crippen LogP contribution in [0.4, 0.5) is 25.2 Å². The first kappa shape index (κ1) is 33.0. The van der Waals surface area contributed by atoms with Crippen LogP contribution >= 0.6 is 54.5 Å². The Balaban J connectivity index is 0.000000541. The molecule has 12 heteroatoms. The predicted molar refractivity (Wildman–Crippen MR) is 168 cm³/mol. The SMILES string of the molecule is F[P-](F)(F)(F)(F)F.[OH+]=C(c1ccccc1)c1cccc(Sc2ccc(-c3cc(Cl)ccc3Sc3ccc(Cl)cc3)cc2)c1. The minimum absolute atomic E-state index is 0.278. The molecule has 5 rings (SSSR count). The molecule has 43 heavy (non-hydrogen) atoms. The second-order valence-electron chi connectivity index (χ2n) is 9.02. The van der Waals surface area contributed by atoms with Crippen LogP contribution in [0, 0.1) is 0 Å². The van der Waals surface area contributed by atoms with E-state index in [2.05, 4.69) is 36.4 Å². The van der Waals surface area contributed by atoms with Gasteiger partial charge in [0.15, 0.2) is 0 Å². The Bertz CT molecular complexity index is 1720. The summed E-state index contributed by atoms with van der Waals surface area (Å²) in [6.07, 6.45) is 0. The van der Waals surface area contributed by atoms with Crippen LogP contribution in [0.15, 0.2) is 141 Å². The van der Waals surface area contributed by atoms with Gasteiger partial charge in [-0.1, -0.05) is 83.1 Å². The third-order valence-corrected chi connectivity index (χ3v) is 8.11. The molecule has 0 radical (unpaired) electrons. The molecular formula is C31H21Cl2F6OPS2. The zero-order chi connectivity index (χ0) is 31.3. The van der Waals surface area contributed by atoms with Gasteiger partial charge >= 0.3 is 38.8 Å². The summed E-state index contributed by atoms with van der Waals surface area (Å²) in [5, 5.41) is 1.43. The first-order valence-electron chi connectivity index (χ1n) is 12.3. The van der Waals surface area contributed by atoms with Gasteiger partial charge in [0.1, 0.15) is 0 Å². The molecule has 224 valence electrons. The van der Waals surface area contributed by atoms with Gasteiger partial charge in [-0.15, -0.1) is 0 Å². The maximum atomic E-state index is 10.7. The van der Waals surface area contributed by atoms with Crippen molar-refractivity contribution in [1.29, 1.82) is 0 Å². The molecule has 0 atom stereocenters. The van der Waals surface area contributed by atoms with Gasteiger partial charge in [-0.2, -0.15) is 0 Å². The van der Waals surface area contributed by atoms with E-state index in [1.165, 1.54) is 0 Å². The summed E-state index contributed by atoms with van der Waals surface area (Å²) in [5.41, 5.74) is 3.79. The van der Waals surface area contributed by atoms with Crippen molar-refractivity contribution in [3.63, 3.8) is 0 Å². The van der Waals surface area contributed by atoms with E-state index in [0.29, 0.717) is 5.02 Å². The molecule has 5 aromatic carbocycles. The molecule has 0 saturated carbocycles. The van der Waals surface area contributed by atoms with E-state index in [4.69, 9.17) is 23.2 Å². The minimum atomic E-state index is -10.7. The second kappa shape index (κ2) is 12.6. The zero-order valence-corrected chi connectivity index (χ0v) is 25.8. The molecule has 0 saturated heterocycles. The fourth-order valence-electron chi connectivity index (χ4n) is 3.75. The molecule has 0 aromatic heterocycles. The van der Waals surface area contributed by atoms with E-state index >= 15 is 0 Å². The van der Waals surface area contributed by atoms with Gasteiger partial charge in [0.25, 0.3) is 0 Å². The predicted octanol–water partition coefficient (Wildman–Crippen LogP) is 13.3. The molecule has 0 aliphatic rings. The number of hydrogen-bond donors (Lipinski definition) is 0. The largest absolute Gasteiger partial charge is 0.354 e. The van der Waals surface area contributed by atoms with Crippen LogP contribution in [0.1, 0.15) is 11.1 Å². The van der Waals surface area contributed by atoms with Crippen LogP contribution in [-0.4, -0.2) is 10.6 Å². The number of hydrogen-bond acceptors (Lipinski definition) is 2. The van der Waals surface area contributed by atoms with Crippen LogP contribution in [-0.2, 0) is 0 Å². The van der Waals surface area contributed by atoms with Crippen molar-refractivity contribution in [2.45, 2.75) is 19.6 Å². The van der Waals surface area contributed by atoms with Crippen LogP contribution in [0.5, 0.6) is 0 Å². The Labute approximate surface area is 262 Å². The molecule has 0 aliphatic heterocycles. The van der Waals surface area contributed by atoms with Crippen molar-refractivity contribution in [3.8, 4) is 11.1 Å². The van der Waals surface area contributed by atoms with Crippen molar-refractivity contribution >= 4 is 60.3 Å². The molecule has 5 aromatic rings. The summed E-state index contributed by atoms with van der Waals surface area (Å²) in [7, 11) is -10.7. The van der Waals surface area contributed by atoms with Crippen LogP contribution < -0.4 is 0 Å². The van der Waals surface area contributed by atoms with Gasteiger partial charge < -0.3 is 0 Å². The van der Waals surface area contributed by atoms with Crippen LogP contribution in [0.2, 0.25) is 10.0 Å². The van der Waals surface area contributed by atoms with E-state index in [1.54, 1.807) is 23.5 Å². The van der Waals surface area contributed by atoms with E-state index in [9.17, 15) is 30.0 Å². The third-order valence-electron chi connectivity index (χ3n) is 5.54. The van der Waals surface area contributed by atoms with Crippen LogP contribution in [0.25, 0.3) is 11.1 Å². The minimum Gasteiger partial charge on any atom is -0.273 e. The Morgan fingerprint density at radius 3 is 1.70 bits per heavy atom. The molecule has 0 bridgehead atoms. The molecule has 0 amide bonds. The summed E-state index contributed by atoms with van der Waals surface area (Å²) >= 11 is 15.8. The Morgan fingerprint density at radius 1 is 0.535 bits per heavy atom. The smallest absolute Gasteiger partial charge is 0.273 e. The number of ketones is 1. The summed E-state index contributed by atoms with van der Waals surface area (Å²) in [6, 6.07) is 39.9. The van der Waals surface area contributed by atoms with Crippen molar-refractivity contribution in [1.82, 2.24) is 0 Å².